The maximum Gasteiger partial charge on any atom is 0.256 e. The van der Waals surface area contributed by atoms with Gasteiger partial charge in [-0.15, -0.1) is 11.8 Å². The van der Waals surface area contributed by atoms with Crippen LogP contribution in [0.25, 0.3) is 0 Å². The minimum atomic E-state index is -0.0548. The molecule has 0 aliphatic carbocycles. The molecule has 0 N–H and O–H groups in total. The van der Waals surface area contributed by atoms with Crippen LogP contribution in [0, 0.1) is 0 Å². The summed E-state index contributed by atoms with van der Waals surface area (Å²) >= 11 is 1.46. The number of carbonyl (C=O) groups excluding carboxylic acids is 1. The molecule has 0 aliphatic rings. The molecule has 1 heterocycles. The number of ether oxygens (including phenoxy) is 2. The molecule has 1 amide bonds. The molecule has 6 heteroatoms. The van der Waals surface area contributed by atoms with E-state index in [4.69, 9.17) is 9.47 Å². The van der Waals surface area contributed by atoms with Crippen molar-refractivity contribution in [3.63, 3.8) is 0 Å². The lowest BCUT2D eigenvalue weighted by molar-refractivity contribution is 0.0769. The number of nitrogens with zero attached hydrogens (tertiary/aromatic N) is 2. The van der Waals surface area contributed by atoms with Gasteiger partial charge in [0.25, 0.3) is 5.91 Å². The van der Waals surface area contributed by atoms with Crippen molar-refractivity contribution in [2.24, 2.45) is 0 Å². The van der Waals surface area contributed by atoms with Crippen molar-refractivity contribution in [3.8, 4) is 11.5 Å². The van der Waals surface area contributed by atoms with Crippen LogP contribution in [0.3, 0.4) is 0 Å². The third-order valence-corrected chi connectivity index (χ3v) is 4.01. The molecule has 2 aromatic rings. The summed E-state index contributed by atoms with van der Waals surface area (Å²) in [6.45, 7) is 0.914. The Bertz CT molecular complexity index is 647. The zero-order valence-electron chi connectivity index (χ0n) is 13.5. The van der Waals surface area contributed by atoms with Gasteiger partial charge >= 0.3 is 0 Å². The Morgan fingerprint density at radius 2 is 1.91 bits per heavy atom. The third-order valence-electron chi connectivity index (χ3n) is 3.30. The number of carbonyl (C=O) groups is 1. The molecular weight excluding hydrogens is 312 g/mol. The van der Waals surface area contributed by atoms with E-state index in [0.29, 0.717) is 18.7 Å². The lowest BCUT2D eigenvalue weighted by Crippen LogP contribution is -2.31. The van der Waals surface area contributed by atoms with Crippen LogP contribution in [0.2, 0.25) is 0 Å². The highest BCUT2D eigenvalue weighted by Crippen LogP contribution is 2.19. The highest BCUT2D eigenvalue weighted by atomic mass is 32.2. The average Bonchev–Trinajstić information content (AvgIpc) is 2.61. The summed E-state index contributed by atoms with van der Waals surface area (Å²) in [5.41, 5.74) is 0.618. The highest BCUT2D eigenvalue weighted by Gasteiger charge is 2.15. The van der Waals surface area contributed by atoms with Crippen molar-refractivity contribution < 1.29 is 14.3 Å². The van der Waals surface area contributed by atoms with Crippen molar-refractivity contribution in [1.82, 2.24) is 9.88 Å². The van der Waals surface area contributed by atoms with Crippen LogP contribution in [-0.4, -0.2) is 49.4 Å². The molecule has 0 fully saturated rings. The number of pyridine rings is 1. The van der Waals surface area contributed by atoms with E-state index >= 15 is 0 Å². The van der Waals surface area contributed by atoms with E-state index in [1.165, 1.54) is 11.8 Å². The van der Waals surface area contributed by atoms with Crippen LogP contribution in [0.15, 0.2) is 47.6 Å². The number of likely N-dealkylation sites (N-methyl/N-ethyl adjacent to an activating group) is 1. The van der Waals surface area contributed by atoms with E-state index in [-0.39, 0.29) is 5.91 Å². The summed E-state index contributed by atoms with van der Waals surface area (Å²) < 4.78 is 10.7. The van der Waals surface area contributed by atoms with E-state index in [1.807, 2.05) is 30.5 Å². The average molecular weight is 332 g/mol. The number of amides is 1. The van der Waals surface area contributed by atoms with Gasteiger partial charge in [0.1, 0.15) is 23.1 Å². The Hall–Kier alpha value is -2.21. The van der Waals surface area contributed by atoms with Gasteiger partial charge in [-0.05, 0) is 42.7 Å². The molecular formula is C17H20N2O3S. The van der Waals surface area contributed by atoms with E-state index in [2.05, 4.69) is 4.98 Å². The SMILES string of the molecule is COc1ccc(OCCN(C)C(=O)c2cccnc2SC)cc1. The maximum atomic E-state index is 12.5. The molecule has 0 saturated heterocycles. The number of aromatic nitrogens is 1. The predicted molar refractivity (Wildman–Crippen MR) is 91.5 cm³/mol. The lowest BCUT2D eigenvalue weighted by Gasteiger charge is -2.18. The molecule has 23 heavy (non-hydrogen) atoms. The second-order valence-corrected chi connectivity index (χ2v) is 5.61. The molecule has 2 rings (SSSR count). The van der Waals surface area contributed by atoms with Crippen LogP contribution in [0.1, 0.15) is 10.4 Å². The predicted octanol–water partition coefficient (Wildman–Crippen LogP) is 2.96. The van der Waals surface area contributed by atoms with Gasteiger partial charge in [-0.2, -0.15) is 0 Å². The largest absolute Gasteiger partial charge is 0.497 e. The Kier molecular flexibility index (Phi) is 6.29. The first kappa shape index (κ1) is 17.1. The maximum absolute atomic E-state index is 12.5. The standard InChI is InChI=1S/C17H20N2O3S/c1-19(17(20)15-5-4-10-18-16(15)23-3)11-12-22-14-8-6-13(21-2)7-9-14/h4-10H,11-12H2,1-3H3. The van der Waals surface area contributed by atoms with Crippen molar-refractivity contribution in [2.75, 3.05) is 33.6 Å². The first-order valence-electron chi connectivity index (χ1n) is 7.17. The fraction of sp³-hybridized carbons (Fsp3) is 0.294. The number of rotatable bonds is 7. The molecule has 0 bridgehead atoms. The molecule has 0 radical (unpaired) electrons. The Morgan fingerprint density at radius 1 is 1.22 bits per heavy atom. The van der Waals surface area contributed by atoms with Gasteiger partial charge in [-0.1, -0.05) is 0 Å². The Balaban J connectivity index is 1.88. The minimum Gasteiger partial charge on any atom is -0.497 e. The van der Waals surface area contributed by atoms with E-state index in [0.717, 1.165) is 16.5 Å². The van der Waals surface area contributed by atoms with Crippen LogP contribution in [0.5, 0.6) is 11.5 Å². The molecule has 0 spiro atoms. The van der Waals surface area contributed by atoms with Crippen LogP contribution in [-0.2, 0) is 0 Å². The van der Waals surface area contributed by atoms with Gasteiger partial charge in [0.05, 0.1) is 19.2 Å². The fourth-order valence-corrected chi connectivity index (χ4v) is 2.54. The highest BCUT2D eigenvalue weighted by molar-refractivity contribution is 7.98. The van der Waals surface area contributed by atoms with Crippen molar-refractivity contribution in [3.05, 3.63) is 48.2 Å². The van der Waals surface area contributed by atoms with E-state index in [9.17, 15) is 4.79 Å². The Labute approximate surface area is 140 Å². The van der Waals surface area contributed by atoms with Gasteiger partial charge in [0, 0.05) is 13.2 Å². The summed E-state index contributed by atoms with van der Waals surface area (Å²) in [5.74, 6) is 1.48. The first-order chi connectivity index (χ1) is 11.2. The first-order valence-corrected chi connectivity index (χ1v) is 8.39. The number of thioether (sulfide) groups is 1. The summed E-state index contributed by atoms with van der Waals surface area (Å²) in [7, 11) is 3.38. The molecule has 122 valence electrons. The smallest absolute Gasteiger partial charge is 0.256 e. The van der Waals surface area contributed by atoms with Crippen molar-refractivity contribution in [2.45, 2.75) is 5.03 Å². The van der Waals surface area contributed by atoms with Crippen LogP contribution < -0.4 is 9.47 Å². The van der Waals surface area contributed by atoms with Gasteiger partial charge in [-0.3, -0.25) is 4.79 Å². The van der Waals surface area contributed by atoms with Crippen LogP contribution >= 0.6 is 11.8 Å². The van der Waals surface area contributed by atoms with Crippen LogP contribution in [0.4, 0.5) is 0 Å². The molecule has 0 saturated carbocycles. The Morgan fingerprint density at radius 3 is 2.57 bits per heavy atom. The summed E-state index contributed by atoms with van der Waals surface area (Å²) in [6, 6.07) is 10.9. The summed E-state index contributed by atoms with van der Waals surface area (Å²) in [6.07, 6.45) is 3.60. The molecule has 0 unspecified atom stereocenters. The molecule has 5 nitrogen and oxygen atoms in total. The zero-order valence-corrected chi connectivity index (χ0v) is 14.3. The number of methoxy groups -OCH3 is 1. The number of hydrogen-bond acceptors (Lipinski definition) is 5. The molecule has 1 aromatic carbocycles. The van der Waals surface area contributed by atoms with Crippen molar-refractivity contribution in [1.29, 1.82) is 0 Å². The number of hydrogen-bond donors (Lipinski definition) is 0. The monoisotopic (exact) mass is 332 g/mol. The minimum absolute atomic E-state index is 0.0548. The summed E-state index contributed by atoms with van der Waals surface area (Å²) in [5, 5.41) is 0.737. The molecule has 0 aliphatic heterocycles. The summed E-state index contributed by atoms with van der Waals surface area (Å²) in [4.78, 5) is 18.3. The van der Waals surface area contributed by atoms with E-state index in [1.54, 1.807) is 37.4 Å². The van der Waals surface area contributed by atoms with E-state index < -0.39 is 0 Å². The third kappa shape index (κ3) is 4.63. The van der Waals surface area contributed by atoms with Gasteiger partial charge in [0.15, 0.2) is 0 Å². The molecule has 1 aromatic heterocycles. The van der Waals surface area contributed by atoms with Gasteiger partial charge < -0.3 is 14.4 Å². The van der Waals surface area contributed by atoms with Crippen molar-refractivity contribution >= 4 is 17.7 Å². The number of benzene rings is 1. The second kappa shape index (κ2) is 8.43. The lowest BCUT2D eigenvalue weighted by atomic mass is 10.2. The normalized spacial score (nSPS) is 10.2. The molecule has 0 atom stereocenters. The zero-order chi connectivity index (χ0) is 16.7. The fourth-order valence-electron chi connectivity index (χ4n) is 2.00. The van der Waals surface area contributed by atoms with Gasteiger partial charge in [0.2, 0.25) is 0 Å². The van der Waals surface area contributed by atoms with Gasteiger partial charge in [-0.25, -0.2) is 4.98 Å². The quantitative estimate of drug-likeness (QED) is 0.730. The topological polar surface area (TPSA) is 51.7 Å². The second-order valence-electron chi connectivity index (χ2n) is 4.81.